The fraction of sp³-hybridized carbons (Fsp3) is 0.333. The van der Waals surface area contributed by atoms with Crippen molar-refractivity contribution in [2.75, 3.05) is 7.11 Å². The van der Waals surface area contributed by atoms with Gasteiger partial charge in [0.25, 0.3) is 0 Å². The van der Waals surface area contributed by atoms with E-state index in [-0.39, 0.29) is 11.2 Å². The minimum atomic E-state index is -0.250. The number of fused-ring (bicyclic) bond motifs is 3. The minimum Gasteiger partial charge on any atom is -0.496 e. The average Bonchev–Trinajstić information content (AvgIpc) is 3.44. The fourth-order valence-electron chi connectivity index (χ4n) is 4.78. The number of nitriles is 1. The first kappa shape index (κ1) is 16.3. The maximum atomic E-state index is 13.5. The van der Waals surface area contributed by atoms with Gasteiger partial charge >= 0.3 is 0 Å². The lowest BCUT2D eigenvalue weighted by Crippen LogP contribution is -2.30. The summed E-state index contributed by atoms with van der Waals surface area (Å²) in [5.41, 5.74) is 7.53. The number of hydrogen-bond acceptors (Lipinski definition) is 3. The molecule has 0 saturated heterocycles. The van der Waals surface area contributed by atoms with Crippen LogP contribution in [0, 0.1) is 11.3 Å². The molecular weight excluding hydrogens is 334 g/mol. The molecule has 27 heavy (non-hydrogen) atoms. The maximum absolute atomic E-state index is 13.5. The number of nitrogens with zero attached hydrogens (tertiary/aromatic N) is 1. The number of carbonyl (C=O) groups is 1. The first-order chi connectivity index (χ1) is 13.0. The van der Waals surface area contributed by atoms with Crippen molar-refractivity contribution in [2.45, 2.75) is 44.4 Å². The molecule has 1 saturated carbocycles. The summed E-state index contributed by atoms with van der Waals surface area (Å²) >= 11 is 0. The fourth-order valence-corrected chi connectivity index (χ4v) is 4.78. The van der Waals surface area contributed by atoms with Crippen LogP contribution in [0.5, 0.6) is 5.75 Å². The van der Waals surface area contributed by atoms with Crippen molar-refractivity contribution < 1.29 is 9.53 Å². The van der Waals surface area contributed by atoms with Crippen LogP contribution in [0.3, 0.4) is 0 Å². The van der Waals surface area contributed by atoms with Gasteiger partial charge in [-0.25, -0.2) is 0 Å². The van der Waals surface area contributed by atoms with E-state index in [2.05, 4.69) is 32.0 Å². The SMILES string of the molecule is COc1cc2c(cc1C1CC1)C(=O)C1=C(Cc3cc(C#N)ccc31)C2(C)C. The Morgan fingerprint density at radius 3 is 2.59 bits per heavy atom. The molecule has 3 nitrogen and oxygen atoms in total. The van der Waals surface area contributed by atoms with Crippen LogP contribution in [0.15, 0.2) is 35.9 Å². The van der Waals surface area contributed by atoms with E-state index >= 15 is 0 Å². The van der Waals surface area contributed by atoms with Crippen molar-refractivity contribution in [1.29, 1.82) is 5.26 Å². The van der Waals surface area contributed by atoms with Gasteiger partial charge in [-0.05, 0) is 77.3 Å². The zero-order chi connectivity index (χ0) is 18.9. The molecule has 2 aromatic carbocycles. The van der Waals surface area contributed by atoms with Crippen LogP contribution < -0.4 is 4.74 Å². The summed E-state index contributed by atoms with van der Waals surface area (Å²) in [6.45, 7) is 4.39. The van der Waals surface area contributed by atoms with E-state index in [4.69, 9.17) is 4.74 Å². The predicted octanol–water partition coefficient (Wildman–Crippen LogP) is 4.93. The highest BCUT2D eigenvalue weighted by molar-refractivity contribution is 6.33. The summed E-state index contributed by atoms with van der Waals surface area (Å²) in [7, 11) is 1.71. The van der Waals surface area contributed by atoms with Crippen molar-refractivity contribution in [2.24, 2.45) is 0 Å². The summed E-state index contributed by atoms with van der Waals surface area (Å²) in [5.74, 6) is 1.54. The number of ketones is 1. The third-order valence-corrected chi connectivity index (χ3v) is 6.46. The van der Waals surface area contributed by atoms with E-state index in [9.17, 15) is 10.1 Å². The number of allylic oxidation sites excluding steroid dienone is 2. The lowest BCUT2D eigenvalue weighted by atomic mass is 9.68. The lowest BCUT2D eigenvalue weighted by molar-refractivity contribution is 0.105. The quantitative estimate of drug-likeness (QED) is 0.767. The third-order valence-electron chi connectivity index (χ3n) is 6.46. The molecule has 2 aromatic rings. The van der Waals surface area contributed by atoms with E-state index < -0.39 is 0 Å². The van der Waals surface area contributed by atoms with E-state index in [0.717, 1.165) is 45.6 Å². The Balaban J connectivity index is 1.72. The molecule has 0 N–H and O–H groups in total. The summed E-state index contributed by atoms with van der Waals surface area (Å²) in [4.78, 5) is 13.5. The van der Waals surface area contributed by atoms with Crippen molar-refractivity contribution >= 4 is 11.4 Å². The second-order valence-electron chi connectivity index (χ2n) is 8.38. The predicted molar refractivity (Wildman–Crippen MR) is 104 cm³/mol. The Morgan fingerprint density at radius 1 is 1.15 bits per heavy atom. The van der Waals surface area contributed by atoms with Crippen LogP contribution in [0.1, 0.15) is 70.8 Å². The monoisotopic (exact) mass is 355 g/mol. The minimum absolute atomic E-state index is 0.118. The normalized spacial score (nSPS) is 19.3. The third kappa shape index (κ3) is 2.16. The van der Waals surface area contributed by atoms with E-state index in [1.54, 1.807) is 7.11 Å². The van der Waals surface area contributed by atoms with Gasteiger partial charge in [-0.2, -0.15) is 5.26 Å². The van der Waals surface area contributed by atoms with Crippen LogP contribution in [-0.4, -0.2) is 12.9 Å². The van der Waals surface area contributed by atoms with Crippen molar-refractivity contribution in [1.82, 2.24) is 0 Å². The molecular formula is C24H21NO2. The Labute approximate surface area is 159 Å². The molecule has 0 radical (unpaired) electrons. The largest absolute Gasteiger partial charge is 0.496 e. The highest BCUT2D eigenvalue weighted by Crippen LogP contribution is 2.53. The molecule has 0 amide bonds. The number of rotatable bonds is 2. The molecule has 3 aliphatic rings. The Hall–Kier alpha value is -2.86. The van der Waals surface area contributed by atoms with Crippen molar-refractivity contribution in [3.05, 3.63) is 69.3 Å². The second-order valence-corrected chi connectivity index (χ2v) is 8.38. The Morgan fingerprint density at radius 2 is 1.93 bits per heavy atom. The van der Waals surface area contributed by atoms with Crippen molar-refractivity contribution in [3.8, 4) is 11.8 Å². The molecule has 3 aliphatic carbocycles. The maximum Gasteiger partial charge on any atom is 0.193 e. The smallest absolute Gasteiger partial charge is 0.193 e. The molecule has 0 aliphatic heterocycles. The van der Waals surface area contributed by atoms with Gasteiger partial charge in [-0.3, -0.25) is 4.79 Å². The van der Waals surface area contributed by atoms with Crippen LogP contribution >= 0.6 is 0 Å². The van der Waals surface area contributed by atoms with Gasteiger partial charge in [0.2, 0.25) is 0 Å². The molecule has 0 heterocycles. The summed E-state index contributed by atoms with van der Waals surface area (Å²) in [5, 5.41) is 9.23. The van der Waals surface area contributed by atoms with Crippen LogP contribution in [-0.2, 0) is 11.8 Å². The van der Waals surface area contributed by atoms with E-state index in [1.807, 2.05) is 18.2 Å². The first-order valence-corrected chi connectivity index (χ1v) is 9.50. The van der Waals surface area contributed by atoms with E-state index in [0.29, 0.717) is 11.5 Å². The van der Waals surface area contributed by atoms with E-state index in [1.165, 1.54) is 18.4 Å². The van der Waals surface area contributed by atoms with Gasteiger partial charge in [0.05, 0.1) is 18.7 Å². The molecule has 134 valence electrons. The standard InChI is InChI=1S/C24H21NO2/c1-24(2)19-11-21(27-3)17(14-5-6-14)10-18(19)23(26)22-16-7-4-13(12-25)8-15(16)9-20(22)24/h4,7-8,10-11,14H,5-6,9H2,1-3H3. The number of carbonyl (C=O) groups excluding carboxylic acids is 1. The van der Waals surface area contributed by atoms with Gasteiger partial charge in [-0.1, -0.05) is 19.9 Å². The molecule has 0 atom stereocenters. The topological polar surface area (TPSA) is 50.1 Å². The highest BCUT2D eigenvalue weighted by atomic mass is 16.5. The van der Waals surface area contributed by atoms with Gasteiger partial charge in [0.1, 0.15) is 5.75 Å². The Kier molecular flexibility index (Phi) is 3.22. The van der Waals surface area contributed by atoms with Crippen LogP contribution in [0.2, 0.25) is 0 Å². The molecule has 3 heteroatoms. The number of ether oxygens (including phenoxy) is 1. The average molecular weight is 355 g/mol. The zero-order valence-electron chi connectivity index (χ0n) is 15.8. The number of Topliss-reactive ketones (excluding diaryl/α,β-unsaturated/α-hetero) is 1. The van der Waals surface area contributed by atoms with Gasteiger partial charge in [0.15, 0.2) is 5.78 Å². The van der Waals surface area contributed by atoms with Crippen LogP contribution in [0.25, 0.3) is 5.57 Å². The van der Waals surface area contributed by atoms with Crippen LogP contribution in [0.4, 0.5) is 0 Å². The highest BCUT2D eigenvalue weighted by Gasteiger charge is 2.44. The molecule has 0 bridgehead atoms. The number of benzene rings is 2. The molecule has 0 aromatic heterocycles. The Bertz CT molecular complexity index is 1090. The summed E-state index contributed by atoms with van der Waals surface area (Å²) in [6, 6.07) is 12.1. The molecule has 0 unspecified atom stereocenters. The second kappa shape index (κ2) is 5.33. The molecule has 1 fully saturated rings. The van der Waals surface area contributed by atoms with Gasteiger partial charge < -0.3 is 4.74 Å². The van der Waals surface area contributed by atoms with Crippen molar-refractivity contribution in [3.63, 3.8) is 0 Å². The molecule has 5 rings (SSSR count). The van der Waals surface area contributed by atoms with Gasteiger partial charge in [0, 0.05) is 16.6 Å². The summed E-state index contributed by atoms with van der Waals surface area (Å²) in [6.07, 6.45) is 3.06. The van der Waals surface area contributed by atoms with Gasteiger partial charge in [-0.15, -0.1) is 0 Å². The number of hydrogen-bond donors (Lipinski definition) is 0. The summed E-state index contributed by atoms with van der Waals surface area (Å²) < 4.78 is 5.68. The zero-order valence-corrected chi connectivity index (χ0v) is 15.8. The lowest BCUT2D eigenvalue weighted by Gasteiger charge is -2.35. The first-order valence-electron chi connectivity index (χ1n) is 9.50. The molecule has 0 spiro atoms. The number of methoxy groups -OCH3 is 1.